The first-order chi connectivity index (χ1) is 8.95. The third-order valence-corrected chi connectivity index (χ3v) is 3.80. The monoisotopic (exact) mass is 282 g/mol. The van der Waals surface area contributed by atoms with Gasteiger partial charge in [0.2, 0.25) is 0 Å². The minimum Gasteiger partial charge on any atom is -0.385 e. The van der Waals surface area contributed by atoms with E-state index in [0.717, 1.165) is 25.1 Å². The van der Waals surface area contributed by atoms with Gasteiger partial charge >= 0.3 is 0 Å². The maximum Gasteiger partial charge on any atom is 0.253 e. The van der Waals surface area contributed by atoms with Crippen molar-refractivity contribution in [2.45, 2.75) is 46.1 Å². The summed E-state index contributed by atoms with van der Waals surface area (Å²) in [4.78, 5) is 12.4. The molecule has 19 heavy (non-hydrogen) atoms. The fourth-order valence-electron chi connectivity index (χ4n) is 1.82. The van der Waals surface area contributed by atoms with Gasteiger partial charge in [0.25, 0.3) is 5.91 Å². The van der Waals surface area contributed by atoms with E-state index in [-0.39, 0.29) is 11.4 Å². The Labute approximate surface area is 120 Å². The number of halogens is 1. The van der Waals surface area contributed by atoms with Crippen molar-refractivity contribution in [1.82, 2.24) is 5.32 Å². The molecule has 0 unspecified atom stereocenters. The van der Waals surface area contributed by atoms with Crippen molar-refractivity contribution in [2.75, 3.05) is 11.9 Å². The molecule has 0 saturated heterocycles. The zero-order valence-corrected chi connectivity index (χ0v) is 12.9. The average molecular weight is 283 g/mol. The Balaban J connectivity index is 3.01. The number of hydrogen-bond acceptors (Lipinski definition) is 2. The maximum atomic E-state index is 12.4. The molecule has 0 aromatic heterocycles. The van der Waals surface area contributed by atoms with Crippen LogP contribution in [0.15, 0.2) is 18.2 Å². The van der Waals surface area contributed by atoms with Crippen LogP contribution in [0.5, 0.6) is 0 Å². The van der Waals surface area contributed by atoms with Crippen LogP contribution in [-0.4, -0.2) is 18.0 Å². The van der Waals surface area contributed by atoms with Gasteiger partial charge in [-0.2, -0.15) is 0 Å². The summed E-state index contributed by atoms with van der Waals surface area (Å²) < 4.78 is 0. The first kappa shape index (κ1) is 15.8. The van der Waals surface area contributed by atoms with Crippen molar-refractivity contribution in [3.63, 3.8) is 0 Å². The minimum absolute atomic E-state index is 0.0790. The average Bonchev–Trinajstić information content (AvgIpc) is 2.40. The molecule has 0 aliphatic carbocycles. The topological polar surface area (TPSA) is 41.1 Å². The molecule has 0 radical (unpaired) electrons. The lowest BCUT2D eigenvalue weighted by Crippen LogP contribution is -2.45. The van der Waals surface area contributed by atoms with Gasteiger partial charge in [-0.15, -0.1) is 0 Å². The van der Waals surface area contributed by atoms with Crippen molar-refractivity contribution >= 4 is 23.2 Å². The quantitative estimate of drug-likeness (QED) is 0.825. The highest BCUT2D eigenvalue weighted by atomic mass is 35.5. The van der Waals surface area contributed by atoms with E-state index in [4.69, 9.17) is 11.6 Å². The summed E-state index contributed by atoms with van der Waals surface area (Å²) in [7, 11) is 0. The molecular formula is C15H23ClN2O. The van der Waals surface area contributed by atoms with Crippen LogP contribution in [0.1, 0.15) is 50.9 Å². The molecule has 3 nitrogen and oxygen atoms in total. The van der Waals surface area contributed by atoms with Gasteiger partial charge in [0.1, 0.15) is 0 Å². The number of anilines is 1. The molecule has 1 aromatic carbocycles. The van der Waals surface area contributed by atoms with Crippen molar-refractivity contribution in [3.8, 4) is 0 Å². The molecule has 0 aliphatic heterocycles. The summed E-state index contributed by atoms with van der Waals surface area (Å²) >= 11 is 5.99. The highest BCUT2D eigenvalue weighted by Gasteiger charge is 2.23. The summed E-state index contributed by atoms with van der Waals surface area (Å²) in [6.45, 7) is 8.97. The first-order valence-corrected chi connectivity index (χ1v) is 7.19. The molecule has 106 valence electrons. The van der Waals surface area contributed by atoms with E-state index in [2.05, 4.69) is 31.4 Å². The van der Waals surface area contributed by atoms with Gasteiger partial charge in [-0.1, -0.05) is 25.4 Å². The summed E-state index contributed by atoms with van der Waals surface area (Å²) in [6.07, 6.45) is 1.79. The molecule has 4 heteroatoms. The highest BCUT2D eigenvalue weighted by molar-refractivity contribution is 6.31. The Morgan fingerprint density at radius 3 is 2.42 bits per heavy atom. The fraction of sp³-hybridized carbons (Fsp3) is 0.533. The van der Waals surface area contributed by atoms with E-state index in [1.807, 2.05) is 13.0 Å². The van der Waals surface area contributed by atoms with E-state index in [1.54, 1.807) is 12.1 Å². The molecule has 0 saturated carbocycles. The number of benzene rings is 1. The van der Waals surface area contributed by atoms with Gasteiger partial charge in [-0.3, -0.25) is 4.79 Å². The molecule has 1 amide bonds. The Kier molecular flexibility index (Phi) is 5.67. The predicted molar refractivity (Wildman–Crippen MR) is 82.1 cm³/mol. The van der Waals surface area contributed by atoms with Gasteiger partial charge < -0.3 is 10.6 Å². The van der Waals surface area contributed by atoms with E-state index in [0.29, 0.717) is 10.6 Å². The fourth-order valence-corrected chi connectivity index (χ4v) is 1.99. The van der Waals surface area contributed by atoms with E-state index >= 15 is 0 Å². The number of nitrogens with one attached hydrogen (secondary N) is 2. The molecule has 1 rings (SSSR count). The van der Waals surface area contributed by atoms with E-state index in [1.165, 1.54) is 0 Å². The van der Waals surface area contributed by atoms with Crippen LogP contribution in [0.3, 0.4) is 0 Å². The summed E-state index contributed by atoms with van der Waals surface area (Å²) in [6, 6.07) is 5.34. The Morgan fingerprint density at radius 1 is 1.26 bits per heavy atom. The zero-order valence-electron chi connectivity index (χ0n) is 12.1. The third kappa shape index (κ3) is 4.13. The minimum atomic E-state index is -0.178. The van der Waals surface area contributed by atoms with Crippen LogP contribution in [0.2, 0.25) is 5.02 Å². The van der Waals surface area contributed by atoms with Crippen LogP contribution in [0.25, 0.3) is 0 Å². The highest BCUT2D eigenvalue weighted by Crippen LogP contribution is 2.22. The Hall–Kier alpha value is -1.22. The van der Waals surface area contributed by atoms with Gasteiger partial charge in [0.05, 0.1) is 5.56 Å². The first-order valence-electron chi connectivity index (χ1n) is 6.81. The molecule has 2 N–H and O–H groups in total. The number of rotatable bonds is 6. The standard InChI is InChI=1S/C15H23ClN2O/c1-5-15(4,6-2)18-14(19)12-10-11(16)8-9-13(12)17-7-3/h8-10,17H,5-7H2,1-4H3,(H,18,19). The summed E-state index contributed by atoms with van der Waals surface area (Å²) in [5.41, 5.74) is 1.24. The van der Waals surface area contributed by atoms with E-state index in [9.17, 15) is 4.79 Å². The van der Waals surface area contributed by atoms with Gasteiger partial charge in [-0.25, -0.2) is 0 Å². The second-order valence-electron chi connectivity index (χ2n) is 4.94. The Bertz CT molecular complexity index is 442. The lowest BCUT2D eigenvalue weighted by Gasteiger charge is -2.28. The SMILES string of the molecule is CCNc1ccc(Cl)cc1C(=O)NC(C)(CC)CC. The number of carbonyl (C=O) groups is 1. The molecule has 0 heterocycles. The maximum absolute atomic E-state index is 12.4. The largest absolute Gasteiger partial charge is 0.385 e. The van der Waals surface area contributed by atoms with E-state index < -0.39 is 0 Å². The van der Waals surface area contributed by atoms with Gasteiger partial charge in [0.15, 0.2) is 0 Å². The number of carbonyl (C=O) groups excluding carboxylic acids is 1. The molecule has 1 aromatic rings. The lowest BCUT2D eigenvalue weighted by molar-refractivity contribution is 0.0902. The second kappa shape index (κ2) is 6.80. The van der Waals surface area contributed by atoms with Crippen LogP contribution < -0.4 is 10.6 Å². The Morgan fingerprint density at radius 2 is 1.89 bits per heavy atom. The van der Waals surface area contributed by atoms with Crippen LogP contribution in [0.4, 0.5) is 5.69 Å². The molecule has 0 spiro atoms. The molecule has 0 fully saturated rings. The summed E-state index contributed by atoms with van der Waals surface area (Å²) in [5.74, 6) is -0.0790. The smallest absolute Gasteiger partial charge is 0.253 e. The molecule has 0 atom stereocenters. The van der Waals surface area contributed by atoms with Crippen LogP contribution in [0, 0.1) is 0 Å². The van der Waals surface area contributed by atoms with Gasteiger partial charge in [0, 0.05) is 22.8 Å². The number of amides is 1. The number of hydrogen-bond donors (Lipinski definition) is 2. The normalized spacial score (nSPS) is 11.2. The summed E-state index contributed by atoms with van der Waals surface area (Å²) in [5, 5.41) is 6.85. The lowest BCUT2D eigenvalue weighted by atomic mass is 9.95. The van der Waals surface area contributed by atoms with Crippen molar-refractivity contribution in [2.24, 2.45) is 0 Å². The molecule has 0 aliphatic rings. The predicted octanol–water partition coefficient (Wildman–Crippen LogP) is 4.08. The third-order valence-electron chi connectivity index (χ3n) is 3.57. The van der Waals surface area contributed by atoms with Crippen molar-refractivity contribution in [3.05, 3.63) is 28.8 Å². The zero-order chi connectivity index (χ0) is 14.5. The van der Waals surface area contributed by atoms with Crippen LogP contribution in [-0.2, 0) is 0 Å². The molecule has 0 bridgehead atoms. The molecular weight excluding hydrogens is 260 g/mol. The van der Waals surface area contributed by atoms with Gasteiger partial charge in [-0.05, 0) is 44.9 Å². The second-order valence-corrected chi connectivity index (χ2v) is 5.38. The van der Waals surface area contributed by atoms with Crippen LogP contribution >= 0.6 is 11.6 Å². The van der Waals surface area contributed by atoms with Crippen molar-refractivity contribution < 1.29 is 4.79 Å². The van der Waals surface area contributed by atoms with Crippen molar-refractivity contribution in [1.29, 1.82) is 0 Å².